The summed E-state index contributed by atoms with van der Waals surface area (Å²) in [5, 5.41) is 0.719. The summed E-state index contributed by atoms with van der Waals surface area (Å²) in [6, 6.07) is 5.91. The number of alkyl halides is 1. The number of aromatic nitrogens is 2. The van der Waals surface area contributed by atoms with Crippen LogP contribution in [0.2, 0.25) is 5.02 Å². The molecule has 0 bridgehead atoms. The van der Waals surface area contributed by atoms with Gasteiger partial charge in [-0.25, -0.2) is 4.98 Å². The number of aryl methyl sites for hydroxylation is 1. The van der Waals surface area contributed by atoms with E-state index in [2.05, 4.69) is 17.6 Å². The van der Waals surface area contributed by atoms with Crippen molar-refractivity contribution in [2.24, 2.45) is 0 Å². The number of nitrogens with zero attached hydrogens (tertiary/aromatic N) is 2. The van der Waals surface area contributed by atoms with Crippen molar-refractivity contribution < 1.29 is 4.74 Å². The van der Waals surface area contributed by atoms with Gasteiger partial charge in [0.15, 0.2) is 0 Å². The number of ether oxygens (including phenoxy) is 1. The second-order valence-electron chi connectivity index (χ2n) is 5.54. The van der Waals surface area contributed by atoms with Crippen LogP contribution in [-0.4, -0.2) is 28.6 Å². The molecule has 0 aliphatic carbocycles. The molecule has 0 atom stereocenters. The molecular weight excluding hydrogens is 295 g/mol. The molecule has 108 valence electrons. The van der Waals surface area contributed by atoms with Crippen molar-refractivity contribution in [3.63, 3.8) is 0 Å². The van der Waals surface area contributed by atoms with Gasteiger partial charge in [-0.1, -0.05) is 11.6 Å². The minimum Gasteiger partial charge on any atom is -0.381 e. The number of rotatable bonds is 3. The lowest BCUT2D eigenvalue weighted by Gasteiger charge is -2.36. The molecule has 0 amide bonds. The van der Waals surface area contributed by atoms with Gasteiger partial charge in [0.2, 0.25) is 0 Å². The molecule has 0 radical (unpaired) electrons. The van der Waals surface area contributed by atoms with Crippen LogP contribution >= 0.6 is 23.2 Å². The number of halogens is 2. The average Bonchev–Trinajstić information content (AvgIpc) is 2.77. The minimum absolute atomic E-state index is 0.0439. The molecule has 0 saturated carbocycles. The van der Waals surface area contributed by atoms with Crippen LogP contribution in [0.25, 0.3) is 11.0 Å². The molecule has 3 nitrogen and oxygen atoms in total. The third-order valence-corrected chi connectivity index (χ3v) is 4.54. The van der Waals surface area contributed by atoms with Gasteiger partial charge in [-0.3, -0.25) is 0 Å². The van der Waals surface area contributed by atoms with Crippen molar-refractivity contribution in [2.45, 2.75) is 31.7 Å². The van der Waals surface area contributed by atoms with Crippen LogP contribution in [0.3, 0.4) is 0 Å². The highest BCUT2D eigenvalue weighted by molar-refractivity contribution is 6.31. The molecular formula is C15H18Cl2N2O. The van der Waals surface area contributed by atoms with Gasteiger partial charge < -0.3 is 9.30 Å². The third kappa shape index (κ3) is 2.43. The Morgan fingerprint density at radius 1 is 1.35 bits per heavy atom. The summed E-state index contributed by atoms with van der Waals surface area (Å²) in [6.45, 7) is 3.87. The zero-order valence-corrected chi connectivity index (χ0v) is 13.0. The molecule has 20 heavy (non-hydrogen) atoms. The lowest BCUT2D eigenvalue weighted by Crippen LogP contribution is -2.37. The summed E-state index contributed by atoms with van der Waals surface area (Å²) in [5.74, 6) is 1.62. The highest BCUT2D eigenvalue weighted by Gasteiger charge is 2.32. The quantitative estimate of drug-likeness (QED) is 0.801. The summed E-state index contributed by atoms with van der Waals surface area (Å²) in [7, 11) is 0. The first-order chi connectivity index (χ1) is 9.64. The molecule has 1 saturated heterocycles. The Balaban J connectivity index is 2.17. The summed E-state index contributed by atoms with van der Waals surface area (Å²) in [4.78, 5) is 4.74. The van der Waals surface area contributed by atoms with E-state index in [4.69, 9.17) is 32.9 Å². The van der Waals surface area contributed by atoms with Crippen LogP contribution in [0.4, 0.5) is 0 Å². The Morgan fingerprint density at radius 3 is 2.80 bits per heavy atom. The molecule has 1 aromatic heterocycles. The Hall–Kier alpha value is -0.770. The standard InChI is InChI=1S/C15H18Cl2N2O/c1-15(5-8-20-9-6-15)19-13-3-2-11(17)10-12(13)18-14(19)4-7-16/h2-3,10H,4-9H2,1H3. The predicted octanol–water partition coefficient (Wildman–Crippen LogP) is 4.00. The Bertz CT molecular complexity index is 618. The van der Waals surface area contributed by atoms with E-state index >= 15 is 0 Å². The minimum atomic E-state index is 0.0439. The number of fused-ring (bicyclic) bond motifs is 1. The van der Waals surface area contributed by atoms with E-state index in [1.807, 2.05) is 12.1 Å². The SMILES string of the molecule is CC1(n2c(CCCl)nc3cc(Cl)ccc32)CCOCC1. The lowest BCUT2D eigenvalue weighted by atomic mass is 9.91. The van der Waals surface area contributed by atoms with Crippen LogP contribution in [0.15, 0.2) is 18.2 Å². The third-order valence-electron chi connectivity index (χ3n) is 4.11. The van der Waals surface area contributed by atoms with E-state index in [1.165, 1.54) is 0 Å². The molecule has 3 rings (SSSR count). The molecule has 2 heterocycles. The smallest absolute Gasteiger partial charge is 0.111 e. The van der Waals surface area contributed by atoms with Gasteiger partial charge in [0.05, 0.1) is 11.0 Å². The summed E-state index contributed by atoms with van der Waals surface area (Å²) >= 11 is 12.0. The van der Waals surface area contributed by atoms with Crippen LogP contribution in [0.1, 0.15) is 25.6 Å². The number of hydrogen-bond donors (Lipinski definition) is 0. The van der Waals surface area contributed by atoms with E-state index in [1.54, 1.807) is 0 Å². The first-order valence-electron chi connectivity index (χ1n) is 6.95. The molecule has 5 heteroatoms. The maximum Gasteiger partial charge on any atom is 0.111 e. The number of hydrogen-bond acceptors (Lipinski definition) is 2. The van der Waals surface area contributed by atoms with E-state index in [0.29, 0.717) is 5.88 Å². The Labute approximate surface area is 128 Å². The molecule has 0 N–H and O–H groups in total. The first kappa shape index (κ1) is 14.2. The van der Waals surface area contributed by atoms with Gasteiger partial charge in [0.25, 0.3) is 0 Å². The summed E-state index contributed by atoms with van der Waals surface area (Å²) in [5.41, 5.74) is 2.13. The highest BCUT2D eigenvalue weighted by Crippen LogP contribution is 2.34. The van der Waals surface area contributed by atoms with Crippen molar-refractivity contribution >= 4 is 34.2 Å². The molecule has 1 aromatic carbocycles. The zero-order chi connectivity index (χ0) is 14.2. The van der Waals surface area contributed by atoms with Gasteiger partial charge in [-0.05, 0) is 38.0 Å². The van der Waals surface area contributed by atoms with Crippen molar-refractivity contribution in [1.29, 1.82) is 0 Å². The van der Waals surface area contributed by atoms with Crippen LogP contribution in [0.5, 0.6) is 0 Å². The molecule has 2 aromatic rings. The van der Waals surface area contributed by atoms with Crippen LogP contribution < -0.4 is 0 Å². The normalized spacial score (nSPS) is 18.6. The van der Waals surface area contributed by atoms with Gasteiger partial charge in [-0.2, -0.15) is 0 Å². The average molecular weight is 313 g/mol. The fourth-order valence-electron chi connectivity index (χ4n) is 2.99. The van der Waals surface area contributed by atoms with Crippen molar-refractivity contribution in [2.75, 3.05) is 19.1 Å². The van der Waals surface area contributed by atoms with Gasteiger partial charge in [0, 0.05) is 36.1 Å². The van der Waals surface area contributed by atoms with E-state index in [-0.39, 0.29) is 5.54 Å². The van der Waals surface area contributed by atoms with Crippen molar-refractivity contribution in [3.8, 4) is 0 Å². The molecule has 1 aliphatic heterocycles. The zero-order valence-electron chi connectivity index (χ0n) is 11.5. The molecule has 0 spiro atoms. The fraction of sp³-hybridized carbons (Fsp3) is 0.533. The van der Waals surface area contributed by atoms with Gasteiger partial charge in [-0.15, -0.1) is 11.6 Å². The maximum atomic E-state index is 6.08. The van der Waals surface area contributed by atoms with E-state index in [9.17, 15) is 0 Å². The van der Waals surface area contributed by atoms with Crippen LogP contribution in [-0.2, 0) is 16.7 Å². The summed E-state index contributed by atoms with van der Waals surface area (Å²) in [6.07, 6.45) is 2.76. The predicted molar refractivity (Wildman–Crippen MR) is 82.9 cm³/mol. The lowest BCUT2D eigenvalue weighted by molar-refractivity contribution is 0.0301. The molecule has 0 unspecified atom stereocenters. The second-order valence-corrected chi connectivity index (χ2v) is 6.36. The summed E-state index contributed by atoms with van der Waals surface area (Å²) < 4.78 is 7.86. The van der Waals surface area contributed by atoms with Crippen molar-refractivity contribution in [1.82, 2.24) is 9.55 Å². The Morgan fingerprint density at radius 2 is 2.10 bits per heavy atom. The monoisotopic (exact) mass is 312 g/mol. The topological polar surface area (TPSA) is 27.1 Å². The highest BCUT2D eigenvalue weighted by atomic mass is 35.5. The maximum absolute atomic E-state index is 6.08. The molecule has 1 fully saturated rings. The van der Waals surface area contributed by atoms with E-state index in [0.717, 1.165) is 54.4 Å². The largest absolute Gasteiger partial charge is 0.381 e. The van der Waals surface area contributed by atoms with E-state index < -0.39 is 0 Å². The molecule has 1 aliphatic rings. The second kappa shape index (κ2) is 5.55. The van der Waals surface area contributed by atoms with Crippen LogP contribution in [0, 0.1) is 0 Å². The van der Waals surface area contributed by atoms with Crippen molar-refractivity contribution in [3.05, 3.63) is 29.0 Å². The van der Waals surface area contributed by atoms with Gasteiger partial charge >= 0.3 is 0 Å². The van der Waals surface area contributed by atoms with Gasteiger partial charge in [0.1, 0.15) is 5.82 Å². The first-order valence-corrected chi connectivity index (χ1v) is 7.86. The fourth-order valence-corrected chi connectivity index (χ4v) is 3.33. The number of benzene rings is 1. The number of imidazole rings is 1. The Kier molecular flexibility index (Phi) is 3.93.